The van der Waals surface area contributed by atoms with E-state index in [9.17, 15) is 4.79 Å². The highest BCUT2D eigenvalue weighted by Crippen LogP contribution is 2.38. The van der Waals surface area contributed by atoms with E-state index in [0.717, 1.165) is 5.75 Å². The molecule has 3 rings (SSSR count). The molecule has 0 bridgehead atoms. The van der Waals surface area contributed by atoms with Gasteiger partial charge in [-0.15, -0.1) is 0 Å². The van der Waals surface area contributed by atoms with Crippen LogP contribution in [-0.4, -0.2) is 31.7 Å². The molecule has 0 amide bonds. The van der Waals surface area contributed by atoms with Crippen molar-refractivity contribution in [2.75, 3.05) is 13.7 Å². The van der Waals surface area contributed by atoms with Gasteiger partial charge in [0.05, 0.1) is 24.8 Å². The molecule has 1 aliphatic heterocycles. The molecule has 2 aromatic carbocycles. The third kappa shape index (κ3) is 4.90. The van der Waals surface area contributed by atoms with Crippen LogP contribution in [0.15, 0.2) is 47.1 Å². The first-order valence-corrected chi connectivity index (χ1v) is 9.59. The van der Waals surface area contributed by atoms with Crippen molar-refractivity contribution in [2.24, 2.45) is 4.99 Å². The summed E-state index contributed by atoms with van der Waals surface area (Å²) in [5.74, 6) is 1.37. The predicted molar refractivity (Wildman–Crippen MR) is 112 cm³/mol. The summed E-state index contributed by atoms with van der Waals surface area (Å²) in [4.78, 5) is 16.6. The number of carbonyl (C=O) groups excluding carboxylic acids is 1. The maximum atomic E-state index is 12.3. The van der Waals surface area contributed by atoms with E-state index < -0.39 is 5.97 Å². The molecule has 0 atom stereocenters. The molecule has 1 aliphatic rings. The number of hydrogen-bond acceptors (Lipinski definition) is 6. The fourth-order valence-electron chi connectivity index (χ4n) is 2.72. The molecule has 0 aromatic heterocycles. The van der Waals surface area contributed by atoms with Crippen molar-refractivity contribution in [3.63, 3.8) is 0 Å². The molecule has 2 aromatic rings. The number of methoxy groups -OCH3 is 1. The van der Waals surface area contributed by atoms with Gasteiger partial charge in [-0.1, -0.05) is 11.6 Å². The molecule has 152 valence electrons. The van der Waals surface area contributed by atoms with Crippen molar-refractivity contribution in [3.8, 4) is 17.2 Å². The molecule has 0 spiro atoms. The van der Waals surface area contributed by atoms with Gasteiger partial charge in [0, 0.05) is 5.56 Å². The van der Waals surface area contributed by atoms with E-state index in [1.165, 1.54) is 7.11 Å². The SMILES string of the molecule is CCOc1ccc(C2=N/C(=C\c3cc(Cl)c(OC(C)C)c(OC)c3)C(=O)O2)cc1. The van der Waals surface area contributed by atoms with Crippen molar-refractivity contribution in [2.45, 2.75) is 26.9 Å². The van der Waals surface area contributed by atoms with Crippen LogP contribution in [0.25, 0.3) is 6.08 Å². The fourth-order valence-corrected chi connectivity index (χ4v) is 2.99. The predicted octanol–water partition coefficient (Wildman–Crippen LogP) is 4.88. The largest absolute Gasteiger partial charge is 0.494 e. The second-order valence-electron chi connectivity index (χ2n) is 6.49. The molecule has 0 saturated heterocycles. The van der Waals surface area contributed by atoms with Crippen LogP contribution in [0.4, 0.5) is 0 Å². The number of ether oxygens (including phenoxy) is 4. The Balaban J connectivity index is 1.89. The Morgan fingerprint density at radius 3 is 2.55 bits per heavy atom. The quantitative estimate of drug-likeness (QED) is 0.476. The first-order chi connectivity index (χ1) is 13.9. The van der Waals surface area contributed by atoms with Gasteiger partial charge in [0.15, 0.2) is 17.2 Å². The minimum absolute atomic E-state index is 0.0586. The van der Waals surface area contributed by atoms with Gasteiger partial charge < -0.3 is 18.9 Å². The van der Waals surface area contributed by atoms with Gasteiger partial charge in [0.1, 0.15) is 5.75 Å². The number of aliphatic imine (C=N–C) groups is 1. The Morgan fingerprint density at radius 2 is 1.93 bits per heavy atom. The zero-order chi connectivity index (χ0) is 21.0. The molecule has 6 nitrogen and oxygen atoms in total. The number of hydrogen-bond donors (Lipinski definition) is 0. The number of rotatable bonds is 7. The highest BCUT2D eigenvalue weighted by atomic mass is 35.5. The van der Waals surface area contributed by atoms with Gasteiger partial charge in [-0.2, -0.15) is 0 Å². The van der Waals surface area contributed by atoms with Crippen molar-refractivity contribution in [1.82, 2.24) is 0 Å². The van der Waals surface area contributed by atoms with Crippen LogP contribution in [0.3, 0.4) is 0 Å². The third-order valence-corrected chi connectivity index (χ3v) is 4.22. The number of nitrogens with zero attached hydrogens (tertiary/aromatic N) is 1. The number of halogens is 1. The Kier molecular flexibility index (Phi) is 6.44. The van der Waals surface area contributed by atoms with Crippen LogP contribution in [0, 0.1) is 0 Å². The molecule has 0 fully saturated rings. The van der Waals surface area contributed by atoms with Crippen LogP contribution in [0.5, 0.6) is 17.2 Å². The molecule has 0 radical (unpaired) electrons. The lowest BCUT2D eigenvalue weighted by Crippen LogP contribution is -2.07. The standard InChI is InChI=1S/C22H22ClNO5/c1-5-27-16-8-6-15(7-9-16)21-24-18(22(25)29-21)11-14-10-17(23)20(28-13(2)3)19(12-14)26-4/h6-13H,5H2,1-4H3/b18-11-. The second-order valence-corrected chi connectivity index (χ2v) is 6.90. The highest BCUT2D eigenvalue weighted by molar-refractivity contribution is 6.32. The first-order valence-electron chi connectivity index (χ1n) is 9.21. The summed E-state index contributed by atoms with van der Waals surface area (Å²) >= 11 is 6.35. The molecule has 0 saturated carbocycles. The number of benzene rings is 2. The molecular formula is C22H22ClNO5. The van der Waals surface area contributed by atoms with Crippen molar-refractivity contribution in [3.05, 3.63) is 58.2 Å². The molecule has 0 N–H and O–H groups in total. The van der Waals surface area contributed by atoms with E-state index in [4.69, 9.17) is 30.5 Å². The van der Waals surface area contributed by atoms with Crippen LogP contribution < -0.4 is 14.2 Å². The fraction of sp³-hybridized carbons (Fsp3) is 0.273. The van der Waals surface area contributed by atoms with E-state index in [1.807, 2.05) is 20.8 Å². The van der Waals surface area contributed by atoms with Crippen molar-refractivity contribution in [1.29, 1.82) is 0 Å². The van der Waals surface area contributed by atoms with Crippen LogP contribution in [-0.2, 0) is 9.53 Å². The highest BCUT2D eigenvalue weighted by Gasteiger charge is 2.24. The maximum Gasteiger partial charge on any atom is 0.363 e. The lowest BCUT2D eigenvalue weighted by Gasteiger charge is -2.15. The summed E-state index contributed by atoms with van der Waals surface area (Å²) in [6.45, 7) is 6.29. The van der Waals surface area contributed by atoms with E-state index in [0.29, 0.717) is 34.3 Å². The summed E-state index contributed by atoms with van der Waals surface area (Å²) in [6, 6.07) is 10.6. The Morgan fingerprint density at radius 1 is 1.21 bits per heavy atom. The zero-order valence-corrected chi connectivity index (χ0v) is 17.4. The number of cyclic esters (lactones) is 1. The smallest absolute Gasteiger partial charge is 0.363 e. The molecule has 29 heavy (non-hydrogen) atoms. The van der Waals surface area contributed by atoms with Crippen LogP contribution in [0.1, 0.15) is 31.9 Å². The summed E-state index contributed by atoms with van der Waals surface area (Å²) in [5.41, 5.74) is 1.50. The van der Waals surface area contributed by atoms with Crippen molar-refractivity contribution < 1.29 is 23.7 Å². The minimum atomic E-state index is -0.536. The van der Waals surface area contributed by atoms with E-state index in [2.05, 4.69) is 4.99 Å². The van der Waals surface area contributed by atoms with Gasteiger partial charge in [-0.3, -0.25) is 0 Å². The number of carbonyl (C=O) groups is 1. The maximum absolute atomic E-state index is 12.3. The summed E-state index contributed by atoms with van der Waals surface area (Å²) < 4.78 is 21.8. The molecular weight excluding hydrogens is 394 g/mol. The monoisotopic (exact) mass is 415 g/mol. The third-order valence-electron chi connectivity index (χ3n) is 3.94. The molecule has 7 heteroatoms. The minimum Gasteiger partial charge on any atom is -0.494 e. The lowest BCUT2D eigenvalue weighted by molar-refractivity contribution is -0.129. The Bertz CT molecular complexity index is 964. The normalized spacial score (nSPS) is 14.8. The average molecular weight is 416 g/mol. The van der Waals surface area contributed by atoms with Crippen LogP contribution >= 0.6 is 11.6 Å². The first kappa shape index (κ1) is 20.7. The summed E-state index contributed by atoms with van der Waals surface area (Å²) in [7, 11) is 1.53. The van der Waals surface area contributed by atoms with Crippen LogP contribution in [0.2, 0.25) is 5.02 Å². The van der Waals surface area contributed by atoms with E-state index in [1.54, 1.807) is 42.5 Å². The Labute approximate surface area is 174 Å². The summed E-state index contributed by atoms with van der Waals surface area (Å²) in [5, 5.41) is 0.381. The van der Waals surface area contributed by atoms with Gasteiger partial charge in [-0.05, 0) is 68.8 Å². The molecule has 0 aliphatic carbocycles. The lowest BCUT2D eigenvalue weighted by atomic mass is 10.1. The van der Waals surface area contributed by atoms with Crippen molar-refractivity contribution >= 4 is 29.5 Å². The Hall–Kier alpha value is -2.99. The molecule has 0 unspecified atom stereocenters. The second kappa shape index (κ2) is 9.01. The van der Waals surface area contributed by atoms with Gasteiger partial charge in [0.25, 0.3) is 0 Å². The summed E-state index contributed by atoms with van der Waals surface area (Å²) in [6.07, 6.45) is 1.54. The molecule has 1 heterocycles. The number of esters is 1. The average Bonchev–Trinajstić information content (AvgIpc) is 3.04. The van der Waals surface area contributed by atoms with Gasteiger partial charge in [0.2, 0.25) is 5.90 Å². The van der Waals surface area contributed by atoms with E-state index >= 15 is 0 Å². The topological polar surface area (TPSA) is 66.3 Å². The van der Waals surface area contributed by atoms with Gasteiger partial charge >= 0.3 is 5.97 Å². The van der Waals surface area contributed by atoms with E-state index in [-0.39, 0.29) is 17.7 Å². The zero-order valence-electron chi connectivity index (χ0n) is 16.7. The van der Waals surface area contributed by atoms with Gasteiger partial charge in [-0.25, -0.2) is 9.79 Å².